The molecule has 2 N–H and O–H groups in total. The Balaban J connectivity index is 2.36. The van der Waals surface area contributed by atoms with E-state index in [1.54, 1.807) is 12.1 Å². The average molecular weight is 282 g/mol. The van der Waals surface area contributed by atoms with Crippen LogP contribution in [-0.2, 0) is 0 Å². The third-order valence-corrected chi connectivity index (χ3v) is 3.68. The number of nitrogen functional groups attached to an aromatic ring is 1. The van der Waals surface area contributed by atoms with Crippen LogP contribution in [0, 0.1) is 0 Å². The molecule has 0 saturated heterocycles. The fourth-order valence-electron chi connectivity index (χ4n) is 2.58. The molecule has 3 heteroatoms. The number of nitrogens with two attached hydrogens (primary N) is 1. The van der Waals surface area contributed by atoms with Crippen LogP contribution in [0.5, 0.6) is 0 Å². The van der Waals surface area contributed by atoms with E-state index in [9.17, 15) is 4.79 Å². The van der Waals surface area contributed by atoms with Gasteiger partial charge in [-0.3, -0.25) is 4.79 Å². The smallest absolute Gasteiger partial charge is 0.256 e. The number of carbonyl (C=O) groups is 1. The van der Waals surface area contributed by atoms with E-state index in [1.165, 1.54) is 0 Å². The lowest BCUT2D eigenvalue weighted by Crippen LogP contribution is -2.39. The van der Waals surface area contributed by atoms with E-state index in [1.807, 2.05) is 68.1 Å². The first-order chi connectivity index (χ1) is 10.0. The number of anilines is 1. The van der Waals surface area contributed by atoms with Crippen LogP contribution in [0.3, 0.4) is 0 Å². The molecule has 0 heterocycles. The van der Waals surface area contributed by atoms with Gasteiger partial charge in [0.05, 0.1) is 11.6 Å². The van der Waals surface area contributed by atoms with E-state index in [0.717, 1.165) is 5.56 Å². The number of para-hydroxylation sites is 1. The van der Waals surface area contributed by atoms with Crippen molar-refractivity contribution in [3.05, 3.63) is 65.7 Å². The summed E-state index contributed by atoms with van der Waals surface area (Å²) in [5.74, 6) is -0.0283. The van der Waals surface area contributed by atoms with Gasteiger partial charge in [0.2, 0.25) is 0 Å². The van der Waals surface area contributed by atoms with Gasteiger partial charge in [0.25, 0.3) is 5.91 Å². The summed E-state index contributed by atoms with van der Waals surface area (Å²) in [6.07, 6.45) is 0. The van der Waals surface area contributed by atoms with Gasteiger partial charge >= 0.3 is 0 Å². The van der Waals surface area contributed by atoms with Crippen LogP contribution in [0.25, 0.3) is 0 Å². The van der Waals surface area contributed by atoms with Crippen molar-refractivity contribution in [1.29, 1.82) is 0 Å². The lowest BCUT2D eigenvalue weighted by atomic mass is 10.0. The molecule has 0 bridgehead atoms. The number of hydrogen-bond acceptors (Lipinski definition) is 2. The van der Waals surface area contributed by atoms with Crippen LogP contribution in [-0.4, -0.2) is 16.8 Å². The lowest BCUT2D eigenvalue weighted by Gasteiger charge is -2.33. The molecule has 2 aromatic carbocycles. The largest absolute Gasteiger partial charge is 0.398 e. The first kappa shape index (κ1) is 15.1. The van der Waals surface area contributed by atoms with Gasteiger partial charge in [-0.05, 0) is 38.5 Å². The van der Waals surface area contributed by atoms with E-state index in [0.29, 0.717) is 11.3 Å². The van der Waals surface area contributed by atoms with Crippen molar-refractivity contribution in [1.82, 2.24) is 4.90 Å². The Kier molecular flexibility index (Phi) is 4.63. The summed E-state index contributed by atoms with van der Waals surface area (Å²) in [6.45, 7) is 6.10. The summed E-state index contributed by atoms with van der Waals surface area (Å²) in [7, 11) is 0. The summed E-state index contributed by atoms with van der Waals surface area (Å²) < 4.78 is 0. The van der Waals surface area contributed by atoms with Gasteiger partial charge in [0.15, 0.2) is 0 Å². The van der Waals surface area contributed by atoms with E-state index in [-0.39, 0.29) is 18.0 Å². The molecular weight excluding hydrogens is 260 g/mol. The van der Waals surface area contributed by atoms with Crippen LogP contribution < -0.4 is 5.73 Å². The van der Waals surface area contributed by atoms with Crippen molar-refractivity contribution in [2.45, 2.75) is 32.9 Å². The molecule has 0 aliphatic heterocycles. The zero-order chi connectivity index (χ0) is 15.4. The summed E-state index contributed by atoms with van der Waals surface area (Å²) in [5.41, 5.74) is 8.16. The average Bonchev–Trinajstić information content (AvgIpc) is 2.48. The van der Waals surface area contributed by atoms with Crippen molar-refractivity contribution in [3.63, 3.8) is 0 Å². The quantitative estimate of drug-likeness (QED) is 0.865. The minimum atomic E-state index is -0.0283. The summed E-state index contributed by atoms with van der Waals surface area (Å²) in [6, 6.07) is 17.4. The zero-order valence-electron chi connectivity index (χ0n) is 12.8. The normalized spacial score (nSPS) is 12.2. The first-order valence-corrected chi connectivity index (χ1v) is 7.24. The molecule has 0 aromatic heterocycles. The van der Waals surface area contributed by atoms with Gasteiger partial charge in [-0.2, -0.15) is 0 Å². The van der Waals surface area contributed by atoms with Crippen LogP contribution in [0.1, 0.15) is 42.7 Å². The van der Waals surface area contributed by atoms with E-state index in [4.69, 9.17) is 5.73 Å². The number of hydrogen-bond donors (Lipinski definition) is 1. The predicted octanol–water partition coefficient (Wildman–Crippen LogP) is 3.88. The Hall–Kier alpha value is -2.29. The predicted molar refractivity (Wildman–Crippen MR) is 87.0 cm³/mol. The number of nitrogens with zero attached hydrogens (tertiary/aromatic N) is 1. The molecule has 110 valence electrons. The van der Waals surface area contributed by atoms with Gasteiger partial charge < -0.3 is 10.6 Å². The fourth-order valence-corrected chi connectivity index (χ4v) is 2.58. The summed E-state index contributed by atoms with van der Waals surface area (Å²) in [4.78, 5) is 14.7. The highest BCUT2D eigenvalue weighted by atomic mass is 16.2. The van der Waals surface area contributed by atoms with E-state index in [2.05, 4.69) is 0 Å². The minimum absolute atomic E-state index is 0.00157. The van der Waals surface area contributed by atoms with Gasteiger partial charge in [-0.1, -0.05) is 42.5 Å². The molecule has 0 spiro atoms. The molecule has 0 fully saturated rings. The third-order valence-electron chi connectivity index (χ3n) is 3.68. The highest BCUT2D eigenvalue weighted by Crippen LogP contribution is 2.26. The topological polar surface area (TPSA) is 46.3 Å². The van der Waals surface area contributed by atoms with Gasteiger partial charge in [0, 0.05) is 11.7 Å². The lowest BCUT2D eigenvalue weighted by molar-refractivity contribution is 0.0625. The standard InChI is InChI=1S/C18H22N2O/c1-13(2)20(14(3)15-9-5-4-6-10-15)18(21)16-11-7-8-12-17(16)19/h4-14H,19H2,1-3H3/t14-/m0/s1. The Morgan fingerprint density at radius 1 is 0.952 bits per heavy atom. The van der Waals surface area contributed by atoms with Crippen molar-refractivity contribution in [2.24, 2.45) is 0 Å². The van der Waals surface area contributed by atoms with Gasteiger partial charge in [0.1, 0.15) is 0 Å². The molecule has 0 unspecified atom stereocenters. The third kappa shape index (κ3) is 3.24. The number of rotatable bonds is 4. The summed E-state index contributed by atoms with van der Waals surface area (Å²) >= 11 is 0. The second-order valence-electron chi connectivity index (χ2n) is 5.48. The molecule has 21 heavy (non-hydrogen) atoms. The molecule has 1 atom stereocenters. The van der Waals surface area contributed by atoms with Crippen molar-refractivity contribution >= 4 is 11.6 Å². The maximum absolute atomic E-state index is 12.9. The second-order valence-corrected chi connectivity index (χ2v) is 5.48. The van der Waals surface area contributed by atoms with Crippen LogP contribution in [0.2, 0.25) is 0 Å². The SMILES string of the molecule is CC(C)N(C(=O)c1ccccc1N)[C@@H](C)c1ccccc1. The summed E-state index contributed by atoms with van der Waals surface area (Å²) in [5, 5.41) is 0. The maximum Gasteiger partial charge on any atom is 0.256 e. The first-order valence-electron chi connectivity index (χ1n) is 7.24. The van der Waals surface area contributed by atoms with E-state index < -0.39 is 0 Å². The Morgan fingerprint density at radius 2 is 1.52 bits per heavy atom. The van der Waals surface area contributed by atoms with Gasteiger partial charge in [-0.25, -0.2) is 0 Å². The number of carbonyl (C=O) groups excluding carboxylic acids is 1. The van der Waals surface area contributed by atoms with Crippen molar-refractivity contribution in [2.75, 3.05) is 5.73 Å². The molecule has 0 aliphatic carbocycles. The number of benzene rings is 2. The Labute approximate surface area is 126 Å². The molecule has 0 aliphatic rings. The monoisotopic (exact) mass is 282 g/mol. The minimum Gasteiger partial charge on any atom is -0.398 e. The zero-order valence-corrected chi connectivity index (χ0v) is 12.8. The van der Waals surface area contributed by atoms with Crippen LogP contribution in [0.15, 0.2) is 54.6 Å². The van der Waals surface area contributed by atoms with Crippen LogP contribution >= 0.6 is 0 Å². The van der Waals surface area contributed by atoms with Crippen molar-refractivity contribution in [3.8, 4) is 0 Å². The van der Waals surface area contributed by atoms with Crippen LogP contribution in [0.4, 0.5) is 5.69 Å². The van der Waals surface area contributed by atoms with Crippen molar-refractivity contribution < 1.29 is 4.79 Å². The molecule has 0 radical (unpaired) electrons. The molecule has 3 nitrogen and oxygen atoms in total. The highest BCUT2D eigenvalue weighted by molar-refractivity contribution is 5.99. The molecular formula is C18H22N2O. The second kappa shape index (κ2) is 6.44. The molecule has 2 aromatic rings. The molecule has 1 amide bonds. The molecule has 2 rings (SSSR count). The maximum atomic E-state index is 12.9. The van der Waals surface area contributed by atoms with E-state index >= 15 is 0 Å². The fraction of sp³-hybridized carbons (Fsp3) is 0.278. The van der Waals surface area contributed by atoms with Gasteiger partial charge in [-0.15, -0.1) is 0 Å². The molecule has 0 saturated carbocycles. The Morgan fingerprint density at radius 3 is 2.10 bits per heavy atom. The number of amides is 1. The highest BCUT2D eigenvalue weighted by Gasteiger charge is 2.26. The Bertz CT molecular complexity index is 608.